The maximum absolute atomic E-state index is 11.9. The normalized spacial score (nSPS) is 23.5. The van der Waals surface area contributed by atoms with Gasteiger partial charge in [-0.15, -0.1) is 0 Å². The summed E-state index contributed by atoms with van der Waals surface area (Å²) in [5, 5.41) is 0. The molecule has 126 valence electrons. The predicted molar refractivity (Wildman–Crippen MR) is 98.1 cm³/mol. The average molecular weight is 322 g/mol. The lowest BCUT2D eigenvalue weighted by Gasteiger charge is -2.51. The molecule has 3 rings (SSSR count). The van der Waals surface area contributed by atoms with E-state index in [1.54, 1.807) is 13.8 Å². The molecule has 0 spiro atoms. The van der Waals surface area contributed by atoms with Crippen LogP contribution >= 0.6 is 0 Å². The highest BCUT2D eigenvalue weighted by Crippen LogP contribution is 2.58. The van der Waals surface area contributed by atoms with Crippen LogP contribution in [0.25, 0.3) is 5.57 Å². The second kappa shape index (κ2) is 5.27. The first kappa shape index (κ1) is 16.9. The van der Waals surface area contributed by atoms with Crippen molar-refractivity contribution in [3.8, 4) is 0 Å². The van der Waals surface area contributed by atoms with Crippen LogP contribution in [0.5, 0.6) is 0 Å². The van der Waals surface area contributed by atoms with E-state index in [0.29, 0.717) is 0 Å². The lowest BCUT2D eigenvalue weighted by Crippen LogP contribution is -2.43. The van der Waals surface area contributed by atoms with Gasteiger partial charge in [-0.3, -0.25) is 9.59 Å². The second-order valence-corrected chi connectivity index (χ2v) is 8.22. The summed E-state index contributed by atoms with van der Waals surface area (Å²) in [5.74, 6) is 0.308. The van der Waals surface area contributed by atoms with Crippen molar-refractivity contribution in [2.24, 2.45) is 11.3 Å². The van der Waals surface area contributed by atoms with Gasteiger partial charge in [0.25, 0.3) is 0 Å². The van der Waals surface area contributed by atoms with Gasteiger partial charge in [0.1, 0.15) is 5.78 Å². The zero-order valence-corrected chi connectivity index (χ0v) is 15.5. The molecule has 2 nitrogen and oxygen atoms in total. The van der Waals surface area contributed by atoms with Crippen LogP contribution in [0.1, 0.15) is 69.4 Å². The maximum Gasteiger partial charge on any atom is 0.159 e. The highest BCUT2D eigenvalue weighted by atomic mass is 16.1. The molecule has 0 saturated carbocycles. The van der Waals surface area contributed by atoms with Crippen molar-refractivity contribution in [3.63, 3.8) is 0 Å². The lowest BCUT2D eigenvalue weighted by molar-refractivity contribution is -0.119. The first-order chi connectivity index (χ1) is 11.1. The summed E-state index contributed by atoms with van der Waals surface area (Å²) >= 11 is 0. The summed E-state index contributed by atoms with van der Waals surface area (Å²) < 4.78 is 0. The zero-order valence-electron chi connectivity index (χ0n) is 15.5. The van der Waals surface area contributed by atoms with Crippen LogP contribution in [0.4, 0.5) is 0 Å². The van der Waals surface area contributed by atoms with Gasteiger partial charge in [0.05, 0.1) is 0 Å². The first-order valence-corrected chi connectivity index (χ1v) is 8.66. The molecule has 2 aliphatic carbocycles. The molecule has 24 heavy (non-hydrogen) atoms. The van der Waals surface area contributed by atoms with E-state index >= 15 is 0 Å². The Morgan fingerprint density at radius 3 is 2.29 bits per heavy atom. The van der Waals surface area contributed by atoms with Crippen LogP contribution in [0.2, 0.25) is 0 Å². The number of fused-ring (bicyclic) bond motifs is 3. The van der Waals surface area contributed by atoms with Gasteiger partial charge >= 0.3 is 0 Å². The van der Waals surface area contributed by atoms with E-state index in [1.807, 2.05) is 6.07 Å². The Morgan fingerprint density at radius 1 is 1.04 bits per heavy atom. The molecule has 0 amide bonds. The van der Waals surface area contributed by atoms with Crippen molar-refractivity contribution < 1.29 is 9.59 Å². The van der Waals surface area contributed by atoms with Crippen molar-refractivity contribution in [2.75, 3.05) is 0 Å². The van der Waals surface area contributed by atoms with E-state index in [4.69, 9.17) is 0 Å². The molecule has 0 bridgehead atoms. The molecule has 1 aromatic carbocycles. The standard InChI is InChI=1S/C22H26O2/c1-13(23)15-7-9-17-18-10-8-16(14(2)24)12-20(18)22(5,6)21(3,4)19(17)11-15/h7,9-12,16H,8H2,1-6H3. The van der Waals surface area contributed by atoms with Crippen LogP contribution in [0.15, 0.2) is 35.9 Å². The van der Waals surface area contributed by atoms with E-state index in [1.165, 1.54) is 22.3 Å². The number of benzene rings is 1. The number of allylic oxidation sites excluding steroid dienone is 4. The van der Waals surface area contributed by atoms with Crippen molar-refractivity contribution in [3.05, 3.63) is 52.6 Å². The SMILES string of the molecule is CC(=O)c1ccc2c(c1)C(C)(C)C(C)(C)C1=CC(C(C)=O)CC=C12. The summed E-state index contributed by atoms with van der Waals surface area (Å²) in [6, 6.07) is 6.07. The summed E-state index contributed by atoms with van der Waals surface area (Å²) in [7, 11) is 0. The molecule has 2 heteroatoms. The molecule has 0 aliphatic heterocycles. The molecule has 0 heterocycles. The molecular weight excluding hydrogens is 296 g/mol. The first-order valence-electron chi connectivity index (χ1n) is 8.66. The Hall–Kier alpha value is -1.96. The Morgan fingerprint density at radius 2 is 1.71 bits per heavy atom. The Balaban J connectivity index is 2.27. The van der Waals surface area contributed by atoms with Gasteiger partial charge < -0.3 is 0 Å². The Kier molecular flexibility index (Phi) is 3.71. The van der Waals surface area contributed by atoms with E-state index in [0.717, 1.165) is 12.0 Å². The van der Waals surface area contributed by atoms with Crippen LogP contribution in [-0.2, 0) is 10.2 Å². The molecule has 0 radical (unpaired) electrons. The maximum atomic E-state index is 11.9. The molecule has 1 unspecified atom stereocenters. The number of carbonyl (C=O) groups is 2. The Labute approximate surface area is 144 Å². The third kappa shape index (κ3) is 2.23. The quantitative estimate of drug-likeness (QED) is 0.708. The van der Waals surface area contributed by atoms with Gasteiger partial charge in [0.15, 0.2) is 5.78 Å². The fourth-order valence-electron chi connectivity index (χ4n) is 3.99. The molecule has 0 aromatic heterocycles. The van der Waals surface area contributed by atoms with Gasteiger partial charge in [-0.25, -0.2) is 0 Å². The number of ketones is 2. The molecule has 0 saturated heterocycles. The molecule has 1 atom stereocenters. The summed E-state index contributed by atoms with van der Waals surface area (Å²) in [5.41, 5.74) is 5.46. The zero-order chi connectivity index (χ0) is 17.9. The fourth-order valence-corrected chi connectivity index (χ4v) is 3.99. The highest BCUT2D eigenvalue weighted by molar-refractivity contribution is 5.96. The third-order valence-corrected chi connectivity index (χ3v) is 6.38. The van der Waals surface area contributed by atoms with Crippen molar-refractivity contribution >= 4 is 17.1 Å². The van der Waals surface area contributed by atoms with E-state index in [2.05, 4.69) is 52.0 Å². The number of Topliss-reactive ketones (excluding diaryl/α,β-unsaturated/α-hetero) is 2. The summed E-state index contributed by atoms with van der Waals surface area (Å²) in [6.45, 7) is 12.3. The topological polar surface area (TPSA) is 34.1 Å². The van der Waals surface area contributed by atoms with Gasteiger partial charge in [0, 0.05) is 11.5 Å². The second-order valence-electron chi connectivity index (χ2n) is 8.22. The lowest BCUT2D eigenvalue weighted by atomic mass is 9.52. The van der Waals surface area contributed by atoms with Crippen LogP contribution in [0.3, 0.4) is 0 Å². The van der Waals surface area contributed by atoms with Crippen LogP contribution in [0, 0.1) is 11.3 Å². The van der Waals surface area contributed by atoms with Crippen molar-refractivity contribution in [2.45, 2.75) is 53.4 Å². The monoisotopic (exact) mass is 322 g/mol. The minimum Gasteiger partial charge on any atom is -0.299 e. The van der Waals surface area contributed by atoms with Gasteiger partial charge in [-0.05, 0) is 59.4 Å². The van der Waals surface area contributed by atoms with Gasteiger partial charge in [0.2, 0.25) is 0 Å². The van der Waals surface area contributed by atoms with Crippen LogP contribution in [-0.4, -0.2) is 11.6 Å². The number of hydrogen-bond donors (Lipinski definition) is 0. The summed E-state index contributed by atoms with van der Waals surface area (Å²) in [4.78, 5) is 23.7. The highest BCUT2D eigenvalue weighted by Gasteiger charge is 2.48. The van der Waals surface area contributed by atoms with Gasteiger partial charge in [-0.2, -0.15) is 0 Å². The van der Waals surface area contributed by atoms with Gasteiger partial charge in [-0.1, -0.05) is 52.0 Å². The minimum absolute atomic E-state index is 0.0168. The van der Waals surface area contributed by atoms with E-state index < -0.39 is 0 Å². The van der Waals surface area contributed by atoms with E-state index in [9.17, 15) is 9.59 Å². The molecule has 0 fully saturated rings. The number of carbonyl (C=O) groups excluding carboxylic acids is 2. The number of rotatable bonds is 2. The molecular formula is C22H26O2. The molecule has 2 aliphatic rings. The van der Waals surface area contributed by atoms with E-state index in [-0.39, 0.29) is 28.3 Å². The smallest absolute Gasteiger partial charge is 0.159 e. The largest absolute Gasteiger partial charge is 0.299 e. The third-order valence-electron chi connectivity index (χ3n) is 6.38. The average Bonchev–Trinajstić information content (AvgIpc) is 2.52. The molecule has 1 aromatic rings. The fraction of sp³-hybridized carbons (Fsp3) is 0.455. The minimum atomic E-state index is -0.129. The van der Waals surface area contributed by atoms with Crippen molar-refractivity contribution in [1.29, 1.82) is 0 Å². The number of hydrogen-bond acceptors (Lipinski definition) is 2. The molecule has 0 N–H and O–H groups in total. The summed E-state index contributed by atoms with van der Waals surface area (Å²) in [6.07, 6.45) is 5.16. The Bertz CT molecular complexity index is 803. The van der Waals surface area contributed by atoms with Crippen molar-refractivity contribution in [1.82, 2.24) is 0 Å². The predicted octanol–water partition coefficient (Wildman–Crippen LogP) is 5.13. The van der Waals surface area contributed by atoms with Crippen LogP contribution < -0.4 is 0 Å².